The van der Waals surface area contributed by atoms with Crippen LogP contribution in [0.15, 0.2) is 0 Å². The maximum atomic E-state index is 14.7. The summed E-state index contributed by atoms with van der Waals surface area (Å²) >= 11 is 2.24. The van der Waals surface area contributed by atoms with Crippen molar-refractivity contribution >= 4 is 131 Å². The Bertz CT molecular complexity index is 2570. The smallest absolute Gasteiger partial charge is 0.380 e. The minimum Gasteiger partial charge on any atom is -0.380 e. The van der Waals surface area contributed by atoms with Gasteiger partial charge in [0.25, 0.3) is 0 Å². The van der Waals surface area contributed by atoms with E-state index < -0.39 is 234 Å². The first kappa shape index (κ1) is 93.0. The zero-order valence-corrected chi connectivity index (χ0v) is 54.8. The predicted molar refractivity (Wildman–Crippen MR) is 265 cm³/mol. The molecule has 0 aromatic rings. The molecule has 4 N–H and O–H groups in total. The van der Waals surface area contributed by atoms with E-state index in [1.807, 2.05) is 18.9 Å². The standard InChI is InChI=1S/C33H32F32I4O20S4/c34-18(35,22(42,43)86-26(50,51)30(58,59)90(70,71)72)1-13(66)5-82-9-17(10-83-6-14(67)2-19(36,37)23(44,45)87-27(52,53)31(60,61)91(73,74)75,11-84-7-15(68)3-20(38,39)24(46,47)88-28(54,55)32(62,63)92(76,77)78)12-85-8-16(69)4-21(40,41)25(48,49)89-29(56,57)33(64,65)93(79,80)81/h13-16H,1-12H2,(H,70,71,72)(H,73,74,75)(H,76,77,78)(H,79,80,81). The third kappa shape index (κ3) is 23.0. The van der Waals surface area contributed by atoms with Crippen LogP contribution < -0.4 is 0 Å². The summed E-state index contributed by atoms with van der Waals surface area (Å²) in [5.41, 5.74) is -3.02. The summed E-state index contributed by atoms with van der Waals surface area (Å²) in [5.74, 6) is -25.2. The maximum Gasteiger partial charge on any atom is 0.460 e. The molecule has 560 valence electrons. The van der Waals surface area contributed by atoms with E-state index >= 15 is 0 Å². The van der Waals surface area contributed by atoms with Crippen LogP contribution in [0.5, 0.6) is 0 Å². The molecule has 0 fully saturated rings. The fourth-order valence-electron chi connectivity index (χ4n) is 5.47. The Kier molecular flexibility index (Phi) is 30.5. The summed E-state index contributed by atoms with van der Waals surface area (Å²) in [6.45, 7) is -14.3. The molecule has 0 aromatic heterocycles. The van der Waals surface area contributed by atoms with Gasteiger partial charge < -0.3 is 18.9 Å². The number of ether oxygens (including phenoxy) is 8. The Morgan fingerprint density at radius 1 is 0.258 bits per heavy atom. The molecule has 20 nitrogen and oxygen atoms in total. The van der Waals surface area contributed by atoms with Gasteiger partial charge in [-0.25, -0.2) is 18.9 Å². The molecule has 0 aliphatic heterocycles. The van der Waals surface area contributed by atoms with Crippen LogP contribution in [0.4, 0.5) is 140 Å². The normalized spacial score (nSPS) is 17.7. The lowest BCUT2D eigenvalue weighted by molar-refractivity contribution is -0.456. The van der Waals surface area contributed by atoms with Crippen molar-refractivity contribution in [1.82, 2.24) is 0 Å². The molecular weight excluding hydrogens is 1960 g/mol. The lowest BCUT2D eigenvalue weighted by Gasteiger charge is -2.35. The van der Waals surface area contributed by atoms with Gasteiger partial charge in [-0.3, -0.25) is 18.2 Å². The Labute approximate surface area is 550 Å². The number of rotatable bonds is 44. The van der Waals surface area contributed by atoms with Gasteiger partial charge in [-0.1, -0.05) is 90.4 Å². The first-order chi connectivity index (χ1) is 40.2. The molecule has 0 aromatic carbocycles. The van der Waals surface area contributed by atoms with Gasteiger partial charge >= 0.3 is 134 Å². The first-order valence-electron chi connectivity index (χ1n) is 21.8. The topological polar surface area (TPSA) is 291 Å². The Morgan fingerprint density at radius 2 is 0.387 bits per heavy atom. The van der Waals surface area contributed by atoms with E-state index in [2.05, 4.69) is 0 Å². The lowest BCUT2D eigenvalue weighted by Crippen LogP contribution is -2.56. The number of hydrogen-bond acceptors (Lipinski definition) is 16. The molecule has 0 heterocycles. The number of alkyl halides is 36. The predicted octanol–water partition coefficient (Wildman–Crippen LogP) is 12.1. The molecule has 0 radical (unpaired) electrons. The average Bonchev–Trinajstić information content (AvgIpc) is 0.775. The maximum absolute atomic E-state index is 14.7. The summed E-state index contributed by atoms with van der Waals surface area (Å²) in [4.78, 5) is 0. The van der Waals surface area contributed by atoms with E-state index in [0.29, 0.717) is 90.4 Å². The molecule has 0 saturated carbocycles. The molecule has 4 unspecified atom stereocenters. The third-order valence-electron chi connectivity index (χ3n) is 10.1. The highest BCUT2D eigenvalue weighted by Gasteiger charge is 2.78. The number of halogens is 36. The second-order valence-corrected chi connectivity index (χ2v) is 31.0. The van der Waals surface area contributed by atoms with Gasteiger partial charge in [0.15, 0.2) is 0 Å². The van der Waals surface area contributed by atoms with E-state index in [-0.39, 0.29) is 0 Å². The minimum absolute atomic E-state index is 0.559. The summed E-state index contributed by atoms with van der Waals surface area (Å²) in [6.07, 6.45) is -68.0. The minimum atomic E-state index is -7.51. The largest absolute Gasteiger partial charge is 0.460 e. The van der Waals surface area contributed by atoms with Gasteiger partial charge in [-0.15, -0.1) is 0 Å². The molecule has 60 heteroatoms. The molecule has 0 saturated heterocycles. The van der Waals surface area contributed by atoms with Crippen molar-refractivity contribution in [3.05, 3.63) is 0 Å². The van der Waals surface area contributed by atoms with Crippen molar-refractivity contribution in [3.8, 4) is 0 Å². The highest BCUT2D eigenvalue weighted by Crippen LogP contribution is 2.53. The van der Waals surface area contributed by atoms with E-state index in [9.17, 15) is 174 Å². The highest BCUT2D eigenvalue weighted by atomic mass is 127. The first-order valence-corrected chi connectivity index (χ1v) is 32.6. The van der Waals surface area contributed by atoms with Crippen molar-refractivity contribution in [1.29, 1.82) is 0 Å². The van der Waals surface area contributed by atoms with Crippen LogP contribution >= 0.6 is 90.4 Å². The van der Waals surface area contributed by atoms with Crippen molar-refractivity contribution in [2.45, 2.75) is 135 Å². The molecular formula is C33H32F32I4O20S4. The average molecular weight is 1990 g/mol. The van der Waals surface area contributed by atoms with Crippen LogP contribution in [0.2, 0.25) is 0 Å². The Hall–Kier alpha value is -0.000000000000000687. The molecule has 0 aliphatic rings. The van der Waals surface area contributed by atoms with Crippen LogP contribution in [0.3, 0.4) is 0 Å². The quantitative estimate of drug-likeness (QED) is 0.0191. The molecule has 0 aliphatic carbocycles. The van der Waals surface area contributed by atoms with Gasteiger partial charge in [-0.2, -0.15) is 174 Å². The zero-order valence-electron chi connectivity index (χ0n) is 42.9. The van der Waals surface area contributed by atoms with Gasteiger partial charge in [0.2, 0.25) is 0 Å². The summed E-state index contributed by atoms with van der Waals surface area (Å²) in [6, 6.07) is 0. The Balaban J connectivity index is 7.73. The van der Waals surface area contributed by atoms with Gasteiger partial charge in [0.1, 0.15) is 0 Å². The van der Waals surface area contributed by atoms with Crippen molar-refractivity contribution < 1.29 is 230 Å². The summed E-state index contributed by atoms with van der Waals surface area (Å²) < 4.78 is 588. The van der Waals surface area contributed by atoms with Gasteiger partial charge in [0, 0.05) is 41.4 Å². The molecule has 0 amide bonds. The highest BCUT2D eigenvalue weighted by molar-refractivity contribution is 14.1. The van der Waals surface area contributed by atoms with Crippen LogP contribution in [0.1, 0.15) is 25.7 Å². The van der Waals surface area contributed by atoms with Gasteiger partial charge in [-0.05, 0) is 0 Å². The van der Waals surface area contributed by atoms with E-state index in [0.717, 1.165) is 0 Å². The molecule has 0 bridgehead atoms. The van der Waals surface area contributed by atoms with Crippen LogP contribution in [0, 0.1) is 5.41 Å². The third-order valence-corrected chi connectivity index (χ3v) is 16.9. The molecule has 0 spiro atoms. The van der Waals surface area contributed by atoms with E-state index in [1.165, 1.54) is 0 Å². The van der Waals surface area contributed by atoms with Crippen molar-refractivity contribution in [2.24, 2.45) is 5.41 Å². The second kappa shape index (κ2) is 30.5. The van der Waals surface area contributed by atoms with Gasteiger partial charge in [0.05, 0.1) is 58.3 Å². The van der Waals surface area contributed by atoms with E-state index in [1.54, 1.807) is 0 Å². The lowest BCUT2D eigenvalue weighted by atomic mass is 9.92. The number of hydrogen-bond donors (Lipinski definition) is 4. The van der Waals surface area contributed by atoms with Crippen LogP contribution in [0.25, 0.3) is 0 Å². The Morgan fingerprint density at radius 3 is 0.505 bits per heavy atom. The zero-order chi connectivity index (χ0) is 75.0. The van der Waals surface area contributed by atoms with Crippen molar-refractivity contribution in [2.75, 3.05) is 52.9 Å². The monoisotopic (exact) mass is 1990 g/mol. The van der Waals surface area contributed by atoms with E-state index in [4.69, 9.17) is 37.2 Å². The molecule has 4 atom stereocenters. The molecule has 93 heavy (non-hydrogen) atoms. The van der Waals surface area contributed by atoms with Crippen molar-refractivity contribution in [3.63, 3.8) is 0 Å². The van der Waals surface area contributed by atoms with Crippen LogP contribution in [-0.2, 0) is 78.4 Å². The summed E-state index contributed by atoms with van der Waals surface area (Å²) in [5, 5.41) is -28.6. The van der Waals surface area contributed by atoms with Crippen LogP contribution in [-0.4, -0.2) is 214 Å². The fourth-order valence-corrected chi connectivity index (χ4v) is 10.1. The fraction of sp³-hybridized carbons (Fsp3) is 1.00. The summed E-state index contributed by atoms with van der Waals surface area (Å²) in [7, 11) is -30.0. The SMILES string of the molecule is O=S(=O)(O)C(F)(F)C(F)(F)OC(F)(F)C(F)(F)CC(I)COCC(COCC(I)CC(F)(F)C(F)(F)OC(F)(F)C(F)(F)S(=O)(=O)O)(COCC(I)CC(F)(F)C(F)(F)OC(F)(F)C(F)(F)S(=O)(=O)O)COCC(I)CC(F)(F)C(F)(F)OC(F)(F)C(F)(F)S(=O)(=O)O. The molecule has 0 rings (SSSR count). The second-order valence-electron chi connectivity index (χ2n) is 18.1.